The highest BCUT2D eigenvalue weighted by Crippen LogP contribution is 2.11. The third kappa shape index (κ3) is 6.21. The lowest BCUT2D eigenvalue weighted by molar-refractivity contribution is 0.0950. The van der Waals surface area contributed by atoms with Crippen LogP contribution in [0.4, 0.5) is 5.69 Å². The average molecular weight is 348 g/mol. The van der Waals surface area contributed by atoms with Crippen LogP contribution in [0.25, 0.3) is 0 Å². The van der Waals surface area contributed by atoms with Gasteiger partial charge in [-0.1, -0.05) is 0 Å². The molecular weight excluding hydrogens is 326 g/mol. The number of halogens is 1. The minimum absolute atomic E-state index is 0. The molecule has 22 heavy (non-hydrogen) atoms. The zero-order chi connectivity index (χ0) is 15.3. The summed E-state index contributed by atoms with van der Waals surface area (Å²) in [5.74, 6) is -0.139. The molecule has 0 radical (unpaired) electrons. The van der Waals surface area contributed by atoms with E-state index in [2.05, 4.69) is 14.9 Å². The summed E-state index contributed by atoms with van der Waals surface area (Å²) in [6, 6.07) is 6.38. The molecule has 1 aliphatic rings. The van der Waals surface area contributed by atoms with Gasteiger partial charge in [0.1, 0.15) is 0 Å². The normalized spacial score (nSPS) is 15.1. The minimum atomic E-state index is -3.29. The maximum absolute atomic E-state index is 11.9. The molecule has 0 atom stereocenters. The van der Waals surface area contributed by atoms with E-state index in [0.29, 0.717) is 17.8 Å². The predicted octanol–water partition coefficient (Wildman–Crippen LogP) is 1.31. The third-order valence-corrected chi connectivity index (χ3v) is 3.97. The molecule has 2 N–H and O–H groups in total. The van der Waals surface area contributed by atoms with E-state index in [4.69, 9.17) is 0 Å². The van der Waals surface area contributed by atoms with Gasteiger partial charge in [0.15, 0.2) is 0 Å². The number of hydrogen-bond acceptors (Lipinski definition) is 4. The first kappa shape index (κ1) is 18.7. The highest BCUT2D eigenvalue weighted by molar-refractivity contribution is 7.92. The maximum Gasteiger partial charge on any atom is 0.251 e. The van der Waals surface area contributed by atoms with Crippen LogP contribution in [0.15, 0.2) is 24.3 Å². The topological polar surface area (TPSA) is 78.5 Å². The summed E-state index contributed by atoms with van der Waals surface area (Å²) >= 11 is 0. The van der Waals surface area contributed by atoms with E-state index >= 15 is 0 Å². The summed E-state index contributed by atoms with van der Waals surface area (Å²) in [7, 11) is -3.29. The number of likely N-dealkylation sites (tertiary alicyclic amines) is 1. The number of carbonyl (C=O) groups is 1. The number of anilines is 1. The van der Waals surface area contributed by atoms with Crippen LogP contribution >= 0.6 is 12.4 Å². The van der Waals surface area contributed by atoms with E-state index < -0.39 is 10.0 Å². The predicted molar refractivity (Wildman–Crippen MR) is 90.2 cm³/mol. The first-order chi connectivity index (χ1) is 9.94. The van der Waals surface area contributed by atoms with Crippen molar-refractivity contribution >= 4 is 34.0 Å². The smallest absolute Gasteiger partial charge is 0.251 e. The minimum Gasteiger partial charge on any atom is -0.351 e. The van der Waals surface area contributed by atoms with Crippen LogP contribution in [0.2, 0.25) is 0 Å². The molecule has 1 saturated heterocycles. The Hall–Kier alpha value is -1.31. The molecule has 1 heterocycles. The third-order valence-electron chi connectivity index (χ3n) is 3.36. The number of sulfonamides is 1. The van der Waals surface area contributed by atoms with Crippen LogP contribution in [0.1, 0.15) is 23.2 Å². The van der Waals surface area contributed by atoms with Crippen molar-refractivity contribution in [2.24, 2.45) is 0 Å². The van der Waals surface area contributed by atoms with Crippen molar-refractivity contribution in [3.63, 3.8) is 0 Å². The number of nitrogens with zero attached hydrogens (tertiary/aromatic N) is 1. The van der Waals surface area contributed by atoms with Gasteiger partial charge in [0, 0.05) is 24.3 Å². The molecule has 0 aromatic heterocycles. The summed E-state index contributed by atoms with van der Waals surface area (Å²) in [5.41, 5.74) is 0.974. The number of nitrogens with one attached hydrogen (secondary N) is 2. The molecule has 1 amide bonds. The van der Waals surface area contributed by atoms with Crippen molar-refractivity contribution in [3.05, 3.63) is 29.8 Å². The average Bonchev–Trinajstić information content (AvgIpc) is 2.91. The van der Waals surface area contributed by atoms with E-state index in [9.17, 15) is 13.2 Å². The Bertz CT molecular complexity index is 584. The van der Waals surface area contributed by atoms with Crippen LogP contribution < -0.4 is 10.0 Å². The molecule has 0 bridgehead atoms. The van der Waals surface area contributed by atoms with E-state index in [1.54, 1.807) is 24.3 Å². The summed E-state index contributed by atoms with van der Waals surface area (Å²) < 4.78 is 24.5. The van der Waals surface area contributed by atoms with Crippen molar-refractivity contribution in [1.82, 2.24) is 10.2 Å². The standard InChI is InChI=1S/C14H21N3O3S.ClH/c1-21(19,20)16-13-6-4-12(5-7-13)14(18)15-8-11-17-9-2-3-10-17;/h4-7,16H,2-3,8-11H2,1H3,(H,15,18);1H. The highest BCUT2D eigenvalue weighted by Gasteiger charge is 2.11. The Balaban J connectivity index is 0.00000242. The quantitative estimate of drug-likeness (QED) is 0.813. The second kappa shape index (κ2) is 8.36. The van der Waals surface area contributed by atoms with Crippen LogP contribution in [0.3, 0.4) is 0 Å². The van der Waals surface area contributed by atoms with E-state index in [0.717, 1.165) is 25.9 Å². The molecule has 1 aliphatic heterocycles. The fourth-order valence-corrected chi connectivity index (χ4v) is 2.90. The molecule has 1 aromatic carbocycles. The van der Waals surface area contributed by atoms with Gasteiger partial charge in [0.2, 0.25) is 10.0 Å². The summed E-state index contributed by atoms with van der Waals surface area (Å²) in [6.45, 7) is 3.73. The molecule has 8 heteroatoms. The largest absolute Gasteiger partial charge is 0.351 e. The summed E-state index contributed by atoms with van der Waals surface area (Å²) in [5, 5.41) is 2.87. The van der Waals surface area contributed by atoms with Crippen molar-refractivity contribution in [2.75, 3.05) is 37.2 Å². The van der Waals surface area contributed by atoms with Crippen LogP contribution in [0, 0.1) is 0 Å². The lowest BCUT2D eigenvalue weighted by atomic mass is 10.2. The van der Waals surface area contributed by atoms with Gasteiger partial charge in [0.05, 0.1) is 6.26 Å². The van der Waals surface area contributed by atoms with E-state index in [-0.39, 0.29) is 18.3 Å². The van der Waals surface area contributed by atoms with Gasteiger partial charge in [-0.05, 0) is 50.2 Å². The Labute approximate surface area is 137 Å². The Morgan fingerprint density at radius 3 is 2.32 bits per heavy atom. The summed E-state index contributed by atoms with van der Waals surface area (Å²) in [6.07, 6.45) is 3.57. The monoisotopic (exact) mass is 347 g/mol. The van der Waals surface area contributed by atoms with Gasteiger partial charge in [-0.3, -0.25) is 9.52 Å². The SMILES string of the molecule is CS(=O)(=O)Nc1ccc(C(=O)NCCN2CCCC2)cc1.Cl. The molecule has 2 rings (SSSR count). The lowest BCUT2D eigenvalue weighted by Crippen LogP contribution is -2.33. The van der Waals surface area contributed by atoms with Gasteiger partial charge in [0.25, 0.3) is 5.91 Å². The molecule has 1 fully saturated rings. The van der Waals surface area contributed by atoms with E-state index in [1.807, 2.05) is 0 Å². The zero-order valence-corrected chi connectivity index (χ0v) is 14.2. The van der Waals surface area contributed by atoms with Crippen LogP contribution in [0.5, 0.6) is 0 Å². The van der Waals surface area contributed by atoms with Crippen molar-refractivity contribution in [3.8, 4) is 0 Å². The second-order valence-corrected chi connectivity index (χ2v) is 7.00. The van der Waals surface area contributed by atoms with Gasteiger partial charge in [-0.15, -0.1) is 12.4 Å². The maximum atomic E-state index is 11.9. The first-order valence-corrected chi connectivity index (χ1v) is 8.91. The van der Waals surface area contributed by atoms with Crippen LogP contribution in [-0.2, 0) is 10.0 Å². The molecule has 1 aromatic rings. The van der Waals surface area contributed by atoms with Gasteiger partial charge in [-0.2, -0.15) is 0 Å². The number of amides is 1. The Kier molecular flexibility index (Phi) is 7.12. The summed E-state index contributed by atoms with van der Waals surface area (Å²) in [4.78, 5) is 14.3. The van der Waals surface area contributed by atoms with Gasteiger partial charge < -0.3 is 10.2 Å². The molecule has 0 unspecified atom stereocenters. The molecule has 124 valence electrons. The number of rotatable bonds is 6. The number of benzene rings is 1. The second-order valence-electron chi connectivity index (χ2n) is 5.26. The van der Waals surface area contributed by atoms with E-state index in [1.165, 1.54) is 12.8 Å². The van der Waals surface area contributed by atoms with Crippen molar-refractivity contribution in [2.45, 2.75) is 12.8 Å². The fraction of sp³-hybridized carbons (Fsp3) is 0.500. The molecule has 6 nitrogen and oxygen atoms in total. The van der Waals surface area contributed by atoms with Crippen molar-refractivity contribution < 1.29 is 13.2 Å². The molecule has 0 spiro atoms. The Morgan fingerprint density at radius 2 is 1.77 bits per heavy atom. The fourth-order valence-electron chi connectivity index (χ4n) is 2.34. The Morgan fingerprint density at radius 1 is 1.18 bits per heavy atom. The number of hydrogen-bond donors (Lipinski definition) is 2. The van der Waals surface area contributed by atoms with Gasteiger partial charge >= 0.3 is 0 Å². The van der Waals surface area contributed by atoms with Crippen molar-refractivity contribution in [1.29, 1.82) is 0 Å². The molecule has 0 aliphatic carbocycles. The molecule has 0 saturated carbocycles. The molecular formula is C14H22ClN3O3S. The lowest BCUT2D eigenvalue weighted by Gasteiger charge is -2.14. The first-order valence-electron chi connectivity index (χ1n) is 7.02. The number of carbonyl (C=O) groups excluding carboxylic acids is 1. The van der Waals surface area contributed by atoms with Crippen LogP contribution in [-0.4, -0.2) is 51.7 Å². The zero-order valence-electron chi connectivity index (χ0n) is 12.5. The van der Waals surface area contributed by atoms with Gasteiger partial charge in [-0.25, -0.2) is 8.42 Å². The highest BCUT2D eigenvalue weighted by atomic mass is 35.5.